The standard InChI is InChI=1S/C10H10BrF2NO2/c1-16-3-2-9(15)14-10-7(12)4-6(11)5-8(10)13/h4-5H,2-3H2,1H3,(H,14,15). The molecule has 1 amide bonds. The molecule has 6 heteroatoms. The smallest absolute Gasteiger partial charge is 0.226 e. The Bertz CT molecular complexity index is 375. The molecule has 1 N–H and O–H groups in total. The molecule has 1 aromatic rings. The highest BCUT2D eigenvalue weighted by Crippen LogP contribution is 2.23. The fraction of sp³-hybridized carbons (Fsp3) is 0.300. The van der Waals surface area contributed by atoms with Gasteiger partial charge in [-0.2, -0.15) is 0 Å². The number of rotatable bonds is 4. The van der Waals surface area contributed by atoms with Crippen molar-refractivity contribution in [2.24, 2.45) is 0 Å². The van der Waals surface area contributed by atoms with Crippen molar-refractivity contribution in [3.05, 3.63) is 28.2 Å². The molecule has 88 valence electrons. The number of halogens is 3. The van der Waals surface area contributed by atoms with Crippen LogP contribution in [0.15, 0.2) is 16.6 Å². The second-order valence-corrected chi connectivity index (χ2v) is 3.95. The molecule has 16 heavy (non-hydrogen) atoms. The molecule has 0 saturated carbocycles. The zero-order valence-electron chi connectivity index (χ0n) is 8.52. The minimum atomic E-state index is -0.822. The summed E-state index contributed by atoms with van der Waals surface area (Å²) in [6, 6.07) is 2.16. The Balaban J connectivity index is 2.77. The van der Waals surface area contributed by atoms with Gasteiger partial charge in [-0.1, -0.05) is 15.9 Å². The molecular weight excluding hydrogens is 284 g/mol. The lowest BCUT2D eigenvalue weighted by Crippen LogP contribution is -2.15. The normalized spacial score (nSPS) is 10.2. The van der Waals surface area contributed by atoms with Crippen LogP contribution >= 0.6 is 15.9 Å². The van der Waals surface area contributed by atoms with Crippen LogP contribution in [-0.2, 0) is 9.53 Å². The molecule has 0 saturated heterocycles. The molecule has 0 spiro atoms. The summed E-state index contributed by atoms with van der Waals surface area (Å²) in [5, 5.41) is 2.15. The highest BCUT2D eigenvalue weighted by molar-refractivity contribution is 9.10. The molecule has 0 fully saturated rings. The number of amides is 1. The van der Waals surface area contributed by atoms with Crippen LogP contribution in [0.2, 0.25) is 0 Å². The van der Waals surface area contributed by atoms with E-state index in [9.17, 15) is 13.6 Å². The van der Waals surface area contributed by atoms with Gasteiger partial charge in [0.2, 0.25) is 5.91 Å². The largest absolute Gasteiger partial charge is 0.384 e. The van der Waals surface area contributed by atoms with Crippen LogP contribution in [0.5, 0.6) is 0 Å². The van der Waals surface area contributed by atoms with Crippen molar-refractivity contribution >= 4 is 27.5 Å². The number of carbonyl (C=O) groups excluding carboxylic acids is 1. The molecule has 0 aromatic heterocycles. The van der Waals surface area contributed by atoms with Crippen molar-refractivity contribution in [1.82, 2.24) is 0 Å². The Labute approximate surface area is 99.9 Å². The van der Waals surface area contributed by atoms with Gasteiger partial charge in [-0.05, 0) is 12.1 Å². The van der Waals surface area contributed by atoms with Gasteiger partial charge >= 0.3 is 0 Å². The molecule has 1 rings (SSSR count). The van der Waals surface area contributed by atoms with E-state index >= 15 is 0 Å². The van der Waals surface area contributed by atoms with Crippen LogP contribution < -0.4 is 5.32 Å². The number of benzene rings is 1. The van der Waals surface area contributed by atoms with E-state index in [1.54, 1.807) is 0 Å². The van der Waals surface area contributed by atoms with Crippen LogP contribution in [0.25, 0.3) is 0 Å². The average Bonchev–Trinajstić information content (AvgIpc) is 2.20. The van der Waals surface area contributed by atoms with Gasteiger partial charge < -0.3 is 10.1 Å². The van der Waals surface area contributed by atoms with E-state index in [1.165, 1.54) is 7.11 Å². The second kappa shape index (κ2) is 5.91. The topological polar surface area (TPSA) is 38.3 Å². The average molecular weight is 294 g/mol. The third kappa shape index (κ3) is 3.53. The molecule has 0 heterocycles. The molecule has 0 aliphatic rings. The number of ether oxygens (including phenoxy) is 1. The van der Waals surface area contributed by atoms with Gasteiger partial charge in [-0.25, -0.2) is 8.78 Å². The number of hydrogen-bond acceptors (Lipinski definition) is 2. The van der Waals surface area contributed by atoms with Crippen molar-refractivity contribution in [1.29, 1.82) is 0 Å². The van der Waals surface area contributed by atoms with Crippen LogP contribution in [-0.4, -0.2) is 19.6 Å². The van der Waals surface area contributed by atoms with E-state index in [1.807, 2.05) is 0 Å². The Morgan fingerprint density at radius 2 is 2.00 bits per heavy atom. The fourth-order valence-electron chi connectivity index (χ4n) is 1.06. The fourth-order valence-corrected chi connectivity index (χ4v) is 1.46. The molecule has 0 radical (unpaired) electrons. The SMILES string of the molecule is COCCC(=O)Nc1c(F)cc(Br)cc1F. The summed E-state index contributed by atoms with van der Waals surface area (Å²) in [5.41, 5.74) is -0.440. The summed E-state index contributed by atoms with van der Waals surface area (Å²) in [6.45, 7) is 0.200. The van der Waals surface area contributed by atoms with Crippen molar-refractivity contribution < 1.29 is 18.3 Å². The third-order valence-electron chi connectivity index (χ3n) is 1.80. The van der Waals surface area contributed by atoms with E-state index in [0.29, 0.717) is 0 Å². The maximum atomic E-state index is 13.3. The van der Waals surface area contributed by atoms with Gasteiger partial charge in [0.1, 0.15) is 5.69 Å². The highest BCUT2D eigenvalue weighted by atomic mass is 79.9. The van der Waals surface area contributed by atoms with Crippen molar-refractivity contribution in [2.45, 2.75) is 6.42 Å². The van der Waals surface area contributed by atoms with Gasteiger partial charge in [0.25, 0.3) is 0 Å². The van der Waals surface area contributed by atoms with Gasteiger partial charge in [-0.15, -0.1) is 0 Å². The Hall–Kier alpha value is -1.01. The first kappa shape index (κ1) is 13.1. The molecular formula is C10H10BrF2NO2. The zero-order chi connectivity index (χ0) is 12.1. The lowest BCUT2D eigenvalue weighted by molar-refractivity contribution is -0.117. The van der Waals surface area contributed by atoms with E-state index < -0.39 is 23.2 Å². The first-order chi connectivity index (χ1) is 7.54. The molecule has 3 nitrogen and oxygen atoms in total. The number of carbonyl (C=O) groups is 1. The first-order valence-corrected chi connectivity index (χ1v) is 5.27. The minimum absolute atomic E-state index is 0.0471. The summed E-state index contributed by atoms with van der Waals surface area (Å²) < 4.78 is 31.5. The number of hydrogen-bond donors (Lipinski definition) is 1. The van der Waals surface area contributed by atoms with Gasteiger partial charge in [0.05, 0.1) is 13.0 Å². The zero-order valence-corrected chi connectivity index (χ0v) is 10.1. The van der Waals surface area contributed by atoms with Crippen LogP contribution in [0, 0.1) is 11.6 Å². The maximum absolute atomic E-state index is 13.3. The van der Waals surface area contributed by atoms with Gasteiger partial charge in [-0.3, -0.25) is 4.79 Å². The van der Waals surface area contributed by atoms with E-state index in [-0.39, 0.29) is 17.5 Å². The quantitative estimate of drug-likeness (QED) is 0.927. The van der Waals surface area contributed by atoms with Gasteiger partial charge in [0.15, 0.2) is 11.6 Å². The molecule has 0 atom stereocenters. The summed E-state index contributed by atoms with van der Waals surface area (Å²) >= 11 is 2.94. The maximum Gasteiger partial charge on any atom is 0.226 e. The summed E-state index contributed by atoms with van der Waals surface area (Å²) in [4.78, 5) is 11.2. The van der Waals surface area contributed by atoms with Crippen molar-refractivity contribution in [3.63, 3.8) is 0 Å². The second-order valence-electron chi connectivity index (χ2n) is 3.04. The van der Waals surface area contributed by atoms with E-state index in [2.05, 4.69) is 26.0 Å². The molecule has 0 bridgehead atoms. The van der Waals surface area contributed by atoms with Gasteiger partial charge in [0, 0.05) is 11.6 Å². The summed E-state index contributed by atoms with van der Waals surface area (Å²) in [5.74, 6) is -2.14. The summed E-state index contributed by atoms with van der Waals surface area (Å²) in [7, 11) is 1.44. The first-order valence-electron chi connectivity index (χ1n) is 4.48. The Morgan fingerprint density at radius 3 is 2.50 bits per heavy atom. The molecule has 1 aromatic carbocycles. The Kier molecular flexibility index (Phi) is 4.82. The van der Waals surface area contributed by atoms with Crippen LogP contribution in [0.4, 0.5) is 14.5 Å². The number of nitrogens with one attached hydrogen (secondary N) is 1. The summed E-state index contributed by atoms with van der Waals surface area (Å²) in [6.07, 6.45) is 0.0471. The van der Waals surface area contributed by atoms with E-state index in [4.69, 9.17) is 0 Å². The monoisotopic (exact) mass is 293 g/mol. The van der Waals surface area contributed by atoms with E-state index in [0.717, 1.165) is 12.1 Å². The number of anilines is 1. The Morgan fingerprint density at radius 1 is 1.44 bits per heavy atom. The van der Waals surface area contributed by atoms with Crippen molar-refractivity contribution in [2.75, 3.05) is 19.0 Å². The molecule has 0 aliphatic carbocycles. The van der Waals surface area contributed by atoms with Crippen LogP contribution in [0.1, 0.15) is 6.42 Å². The lowest BCUT2D eigenvalue weighted by Gasteiger charge is -2.07. The van der Waals surface area contributed by atoms with Crippen molar-refractivity contribution in [3.8, 4) is 0 Å². The minimum Gasteiger partial charge on any atom is -0.384 e. The van der Waals surface area contributed by atoms with Crippen LogP contribution in [0.3, 0.4) is 0 Å². The molecule has 0 unspecified atom stereocenters. The third-order valence-corrected chi connectivity index (χ3v) is 2.26. The predicted molar refractivity (Wildman–Crippen MR) is 59.2 cm³/mol. The highest BCUT2D eigenvalue weighted by Gasteiger charge is 2.13. The lowest BCUT2D eigenvalue weighted by atomic mass is 10.3. The predicted octanol–water partition coefficient (Wildman–Crippen LogP) is 2.70. The molecule has 0 aliphatic heterocycles. The number of methoxy groups -OCH3 is 1.